The van der Waals surface area contributed by atoms with E-state index in [1.54, 1.807) is 0 Å². The number of carbonyl (C=O) groups is 1. The van der Waals surface area contributed by atoms with Crippen molar-refractivity contribution in [1.82, 2.24) is 0 Å². The Morgan fingerprint density at radius 3 is 1.46 bits per heavy atom. The minimum Gasteiger partial charge on any atom is -0.432 e. The van der Waals surface area contributed by atoms with Gasteiger partial charge in [0.15, 0.2) is 56.4 Å². The molecular weight excluding hydrogens is 1650 g/mol. The molecule has 0 bridgehead atoms. The van der Waals surface area contributed by atoms with Gasteiger partial charge >= 0.3 is 5.97 Å². The van der Waals surface area contributed by atoms with Crippen molar-refractivity contribution in [2.45, 2.75) is 384 Å². The molecule has 0 aromatic heterocycles. The predicted molar refractivity (Wildman–Crippen MR) is 401 cm³/mol. The monoisotopic (exact) mass is 1780 g/mol. The van der Waals surface area contributed by atoms with Crippen LogP contribution in [0, 0.1) is 50.2 Å². The minimum atomic E-state index is -2.30. The zero-order valence-corrected chi connectivity index (χ0v) is 69.9. The summed E-state index contributed by atoms with van der Waals surface area (Å²) in [4.78, 5) is 16.4. The number of carbonyl (C=O) groups excluding carboxylic acids is 1. The van der Waals surface area contributed by atoms with Crippen LogP contribution in [-0.2, 0) is 90.1 Å². The Morgan fingerprint density at radius 2 is 0.846 bits per heavy atom. The molecule has 0 aromatic carbocycles. The first-order valence-electron chi connectivity index (χ1n) is 42.8. The van der Waals surface area contributed by atoms with E-state index in [2.05, 4.69) is 54.5 Å². The van der Waals surface area contributed by atoms with Gasteiger partial charge < -0.3 is 208 Å². The van der Waals surface area contributed by atoms with Crippen molar-refractivity contribution in [3.63, 3.8) is 0 Å². The molecule has 13 fully saturated rings. The van der Waals surface area contributed by atoms with E-state index in [9.17, 15) is 123 Å². The fourth-order valence-electron chi connectivity index (χ4n) is 22.6. The van der Waals surface area contributed by atoms with Crippen molar-refractivity contribution < 1.29 is 213 Å². The summed E-state index contributed by atoms with van der Waals surface area (Å²) in [6, 6.07) is 0. The quantitative estimate of drug-likeness (QED) is 0.0288. The molecule has 43 heteroatoms. The van der Waals surface area contributed by atoms with Gasteiger partial charge in [0.2, 0.25) is 6.29 Å². The highest BCUT2D eigenvalue weighted by molar-refractivity contribution is 5.80. The molecule has 0 aromatic rings. The van der Waals surface area contributed by atoms with Gasteiger partial charge in [-0.05, 0) is 116 Å². The van der Waals surface area contributed by atoms with Crippen molar-refractivity contribution in [3.05, 3.63) is 11.6 Å². The third kappa shape index (κ3) is 17.6. The fraction of sp³-hybridized carbons (Fsp3) is 0.963. The van der Waals surface area contributed by atoms with E-state index >= 15 is 4.79 Å². The Morgan fingerprint density at radius 1 is 0.390 bits per heavy atom. The third-order valence-corrected chi connectivity index (χ3v) is 30.3. The molecule has 0 spiro atoms. The molecule has 708 valence electrons. The van der Waals surface area contributed by atoms with Crippen LogP contribution in [-0.4, -0.2) is 439 Å². The highest BCUT2D eigenvalue weighted by Gasteiger charge is 2.73. The second-order valence-electron chi connectivity index (χ2n) is 38.7. The molecule has 9 aliphatic heterocycles. The molecule has 0 amide bonds. The zero-order chi connectivity index (χ0) is 89.5. The Bertz CT molecular complexity index is 3560. The van der Waals surface area contributed by atoms with Gasteiger partial charge in [-0.3, -0.25) is 4.79 Å². The molecule has 2 unspecified atom stereocenters. The van der Waals surface area contributed by atoms with Crippen LogP contribution in [0.3, 0.4) is 0 Å². The minimum absolute atomic E-state index is 0.0232. The van der Waals surface area contributed by atoms with Gasteiger partial charge in [0, 0.05) is 0 Å². The maximum absolute atomic E-state index is 16.4. The van der Waals surface area contributed by atoms with E-state index in [-0.39, 0.29) is 24.7 Å². The van der Waals surface area contributed by atoms with Crippen molar-refractivity contribution in [1.29, 1.82) is 0 Å². The van der Waals surface area contributed by atoms with Gasteiger partial charge in [0.05, 0.1) is 70.7 Å². The SMILES string of the molecule is C[C@@H]1O[C@@H](OC[C@@H]2O[C@H](OC(=O)[C@]34CCC(C)(C)C[C@H]3C3=CCC5[C@@]6(C)CC[C@H](O[C@@H]7O[C@H](CO[C@H]8OC[C@@H](O)[C@@H](O)[C@@H]8O[C@H]8OC[C@H](O)[C@@H](O)[C@@H]8O)[C@@H](O)[C@H](O)[C@H]7O)C(C)(C)C6CC[C@@]5(C)[C@]3(C)C[C@H]4O)[C@@H](O[C@@H]3O[C@@H](C)[C@H](O[C@@H]4OC[C@@H](O)[C@H](O[C@@H]5OC[C@@H](O)[C@H](O)[C@H]5O)[C@H]4O)[C@@H](O[C@H]4O[C@@H](CO)[C@@H](O)[C@@H](O)[C@@H]4O)[C@H]3O)[C@H](O)[C@H]2O)[C@H](O)[C@H](O)[C@H]1O. The van der Waals surface area contributed by atoms with Gasteiger partial charge in [-0.15, -0.1) is 0 Å². The molecule has 9 heterocycles. The first-order chi connectivity index (χ1) is 57.7. The molecule has 50 atom stereocenters. The summed E-state index contributed by atoms with van der Waals surface area (Å²) >= 11 is 0. The Labute approximate surface area is 708 Å². The van der Waals surface area contributed by atoms with Crippen LogP contribution in [0.2, 0.25) is 0 Å². The van der Waals surface area contributed by atoms with Crippen LogP contribution < -0.4 is 0 Å². The summed E-state index contributed by atoms with van der Waals surface area (Å²) in [6.45, 7) is 13.2. The van der Waals surface area contributed by atoms with Crippen LogP contribution in [0.4, 0.5) is 0 Å². The lowest BCUT2D eigenvalue weighted by molar-refractivity contribution is -0.399. The van der Waals surface area contributed by atoms with E-state index in [1.165, 1.54) is 13.8 Å². The molecule has 123 heavy (non-hydrogen) atoms. The summed E-state index contributed by atoms with van der Waals surface area (Å²) in [5.74, 6) is -1.94. The predicted octanol–water partition coefficient (Wildman–Crippen LogP) is -9.33. The second kappa shape index (κ2) is 37.2. The van der Waals surface area contributed by atoms with Gasteiger partial charge in [-0.1, -0.05) is 60.1 Å². The maximum Gasteiger partial charge on any atom is 0.317 e. The normalized spacial score (nSPS) is 55.0. The van der Waals surface area contributed by atoms with E-state index in [1.807, 2.05) is 0 Å². The number of rotatable bonds is 21. The lowest BCUT2D eigenvalue weighted by atomic mass is 9.33. The Balaban J connectivity index is 0.716. The Hall–Kier alpha value is -2.43. The van der Waals surface area contributed by atoms with Gasteiger partial charge in [0.1, 0.15) is 182 Å². The number of fused-ring (bicyclic) bond motifs is 7. The molecule has 14 rings (SSSR count). The highest BCUT2D eigenvalue weighted by atomic mass is 16.8. The topological polar surface area (TPSA) is 669 Å². The third-order valence-electron chi connectivity index (χ3n) is 30.3. The van der Waals surface area contributed by atoms with Gasteiger partial charge in [0.25, 0.3) is 0 Å². The number of hydrogen-bond acceptors (Lipinski definition) is 43. The van der Waals surface area contributed by atoms with Crippen molar-refractivity contribution in [2.75, 3.05) is 46.2 Å². The molecule has 9 saturated heterocycles. The van der Waals surface area contributed by atoms with Crippen molar-refractivity contribution >= 4 is 5.97 Å². The summed E-state index contributed by atoms with van der Waals surface area (Å²) < 4.78 is 108. The van der Waals surface area contributed by atoms with Gasteiger partial charge in [-0.2, -0.15) is 0 Å². The van der Waals surface area contributed by atoms with Crippen LogP contribution in [0.5, 0.6) is 0 Å². The Kier molecular flexibility index (Phi) is 29.2. The van der Waals surface area contributed by atoms with Crippen molar-refractivity contribution in [2.24, 2.45) is 50.2 Å². The van der Waals surface area contributed by atoms with Crippen LogP contribution in [0.1, 0.15) is 120 Å². The summed E-state index contributed by atoms with van der Waals surface area (Å²) in [5.41, 5.74) is -3.91. The number of allylic oxidation sites excluding steroid dienone is 2. The summed E-state index contributed by atoms with van der Waals surface area (Å²) in [5, 5.41) is 268. The number of ether oxygens (including phenoxy) is 18. The van der Waals surface area contributed by atoms with E-state index in [0.717, 1.165) is 5.57 Å². The first-order valence-corrected chi connectivity index (χ1v) is 42.8. The van der Waals surface area contributed by atoms with Crippen LogP contribution in [0.25, 0.3) is 0 Å². The number of aliphatic hydroxyl groups is 24. The maximum atomic E-state index is 16.4. The number of esters is 1. The second-order valence-corrected chi connectivity index (χ2v) is 38.7. The standard InChI is InChI=1S/C80H130O43/c1-27-42(87)49(94)55(100)65(112-27)110-25-37-48(93)52(97)64(122-71-59(104)62(120-70-57(102)50(95)46(91)35(20-81)114-70)60(28(2)113-71)118-68-58(103)61(34(85)24-108-68)119-66-53(98)43(88)31(82)21-106-66)73(116-37)123-74(105)80-17-16-75(3,4)18-30(80)29-10-11-39-77(7)14-13-41(76(5,6)38(77)12-15-78(39,8)79(29,9)19-40(80)86)117-69-56(101)51(96)47(92)36(115-69)26-111-72-63(45(90)33(84)23-109-72)121-67-54(99)44(89)32(83)22-107-67/h10,27-28,30-73,81-104H,11-26H2,1-9H3/t27-,28-,30-,31+,32-,33+,34+,35-,36+,37-,38?,39?,40+,41-,42-,43-,44+,45+,46+,47+,48-,49+,50+,51-,52+,53+,54-,55+,56+,57-,58+,59+,60-,61-,62-,63-,64-,65+,66-,67+,68-,69-,70+,71-,72+,73+,77-,78+,79+,80+/m0/s1. The largest absolute Gasteiger partial charge is 0.432 e. The highest BCUT2D eigenvalue weighted by Crippen LogP contribution is 2.76. The zero-order valence-electron chi connectivity index (χ0n) is 69.9. The number of aliphatic hydroxyl groups excluding tert-OH is 24. The molecule has 43 nitrogen and oxygen atoms in total. The lowest BCUT2D eigenvalue weighted by Crippen LogP contribution is -2.69. The summed E-state index contributed by atoms with van der Waals surface area (Å²) in [6.07, 6.45) is -69.8. The summed E-state index contributed by atoms with van der Waals surface area (Å²) in [7, 11) is 0. The first kappa shape index (κ1) is 96.6. The molecule has 24 N–H and O–H groups in total. The number of hydrogen-bond donors (Lipinski definition) is 24. The van der Waals surface area contributed by atoms with Crippen LogP contribution in [0.15, 0.2) is 11.6 Å². The molecule has 0 radical (unpaired) electrons. The van der Waals surface area contributed by atoms with E-state index < -0.39 is 355 Å². The lowest BCUT2D eigenvalue weighted by Gasteiger charge is -2.71. The van der Waals surface area contributed by atoms with Gasteiger partial charge in [-0.25, -0.2) is 0 Å². The average molecular weight is 1780 g/mol. The molecular formula is C80H130O43. The molecule has 5 aliphatic carbocycles. The average Bonchev–Trinajstić information content (AvgIpc) is 0.669. The van der Waals surface area contributed by atoms with Crippen molar-refractivity contribution in [3.8, 4) is 0 Å². The van der Waals surface area contributed by atoms with E-state index in [0.29, 0.717) is 44.9 Å². The molecule has 14 aliphatic rings. The smallest absolute Gasteiger partial charge is 0.317 e. The van der Waals surface area contributed by atoms with Crippen LogP contribution >= 0.6 is 0 Å². The molecule has 4 saturated carbocycles. The fourth-order valence-corrected chi connectivity index (χ4v) is 22.6. The van der Waals surface area contributed by atoms with E-state index in [4.69, 9.17) is 85.3 Å².